The quantitative estimate of drug-likeness (QED) is 0.606. The summed E-state index contributed by atoms with van der Waals surface area (Å²) in [6.45, 7) is 2.59. The van der Waals surface area contributed by atoms with Crippen molar-refractivity contribution in [2.45, 2.75) is 24.7 Å². The molecule has 3 aromatic rings. The van der Waals surface area contributed by atoms with Gasteiger partial charge in [0, 0.05) is 24.5 Å². The Morgan fingerprint density at radius 1 is 1.39 bits per heavy atom. The van der Waals surface area contributed by atoms with E-state index in [0.29, 0.717) is 15.7 Å². The first-order chi connectivity index (χ1) is 13.7. The fourth-order valence-electron chi connectivity index (χ4n) is 3.20. The molecule has 0 aliphatic carbocycles. The van der Waals surface area contributed by atoms with E-state index in [1.165, 1.54) is 35.0 Å². The highest BCUT2D eigenvalue weighted by atomic mass is 32.2. The first kappa shape index (κ1) is 18.7. The molecule has 0 radical (unpaired) electrons. The minimum absolute atomic E-state index is 0.155. The Hall–Kier alpha value is -2.67. The minimum Gasteiger partial charge on any atom is -0.316 e. The average molecular weight is 411 g/mol. The van der Waals surface area contributed by atoms with Crippen molar-refractivity contribution in [2.24, 2.45) is 0 Å². The Bertz CT molecular complexity index is 994. The van der Waals surface area contributed by atoms with E-state index < -0.39 is 0 Å². The second-order valence-corrected chi connectivity index (χ2v) is 8.46. The van der Waals surface area contributed by atoms with Crippen LogP contribution in [0.25, 0.3) is 0 Å². The summed E-state index contributed by atoms with van der Waals surface area (Å²) in [5.41, 5.74) is 2.97. The van der Waals surface area contributed by atoms with Crippen LogP contribution in [-0.2, 0) is 24.3 Å². The van der Waals surface area contributed by atoms with Gasteiger partial charge in [-0.2, -0.15) is 10.4 Å². The normalized spacial score (nSPS) is 13.7. The molecule has 2 N–H and O–H groups in total. The van der Waals surface area contributed by atoms with Gasteiger partial charge in [-0.05, 0) is 17.5 Å². The van der Waals surface area contributed by atoms with Crippen LogP contribution in [0.4, 0.5) is 5.00 Å². The fourth-order valence-corrected chi connectivity index (χ4v) is 5.04. The number of hydrogen-bond acceptors (Lipinski definition) is 7. The maximum absolute atomic E-state index is 12.3. The molecule has 9 heteroatoms. The number of carbonyl (C=O) groups is 1. The Morgan fingerprint density at radius 2 is 2.25 bits per heavy atom. The lowest BCUT2D eigenvalue weighted by Crippen LogP contribution is -2.29. The molecule has 0 saturated carbocycles. The molecule has 0 saturated heterocycles. The number of amides is 1. The van der Waals surface area contributed by atoms with Crippen molar-refractivity contribution < 1.29 is 4.79 Å². The number of thioether (sulfide) groups is 1. The molecule has 1 aromatic carbocycles. The SMILES string of the molecule is N#Cc1c(NC(=O)CSc2ncn[nH]2)sc2c1CCN(Cc1ccccc1)C2. The highest BCUT2D eigenvalue weighted by Crippen LogP contribution is 2.37. The summed E-state index contributed by atoms with van der Waals surface area (Å²) in [6.07, 6.45) is 2.23. The summed E-state index contributed by atoms with van der Waals surface area (Å²) in [5.74, 6) is 0.0561. The van der Waals surface area contributed by atoms with E-state index >= 15 is 0 Å². The van der Waals surface area contributed by atoms with Crippen LogP contribution in [0.15, 0.2) is 41.8 Å². The van der Waals surface area contributed by atoms with Crippen LogP contribution in [-0.4, -0.2) is 38.3 Å². The van der Waals surface area contributed by atoms with Crippen LogP contribution in [0.2, 0.25) is 0 Å². The predicted octanol–water partition coefficient (Wildman–Crippen LogP) is 3.03. The molecule has 4 rings (SSSR count). The highest BCUT2D eigenvalue weighted by Gasteiger charge is 2.25. The van der Waals surface area contributed by atoms with Crippen molar-refractivity contribution in [3.8, 4) is 6.07 Å². The van der Waals surface area contributed by atoms with E-state index in [1.54, 1.807) is 0 Å². The van der Waals surface area contributed by atoms with E-state index in [4.69, 9.17) is 0 Å². The van der Waals surface area contributed by atoms with Gasteiger partial charge in [-0.15, -0.1) is 11.3 Å². The van der Waals surface area contributed by atoms with Crippen LogP contribution < -0.4 is 5.32 Å². The molecule has 142 valence electrons. The van der Waals surface area contributed by atoms with Gasteiger partial charge in [0.2, 0.25) is 5.91 Å². The number of nitrogens with one attached hydrogen (secondary N) is 2. The third-order valence-corrected chi connectivity index (χ3v) is 6.49. The molecule has 0 atom stereocenters. The number of carbonyl (C=O) groups excluding carboxylic acids is 1. The van der Waals surface area contributed by atoms with E-state index in [-0.39, 0.29) is 11.7 Å². The van der Waals surface area contributed by atoms with Crippen molar-refractivity contribution >= 4 is 34.0 Å². The Balaban J connectivity index is 1.43. The third-order valence-electron chi connectivity index (χ3n) is 4.48. The van der Waals surface area contributed by atoms with Crippen LogP contribution >= 0.6 is 23.1 Å². The lowest BCUT2D eigenvalue weighted by atomic mass is 10.0. The van der Waals surface area contributed by atoms with Gasteiger partial charge < -0.3 is 5.32 Å². The number of hydrogen-bond donors (Lipinski definition) is 2. The Kier molecular flexibility index (Phi) is 5.71. The highest BCUT2D eigenvalue weighted by molar-refractivity contribution is 7.99. The summed E-state index contributed by atoms with van der Waals surface area (Å²) in [5, 5.41) is 20.2. The zero-order valence-electron chi connectivity index (χ0n) is 15.0. The van der Waals surface area contributed by atoms with Crippen LogP contribution in [0.3, 0.4) is 0 Å². The number of aromatic nitrogens is 3. The number of benzene rings is 1. The topological polar surface area (TPSA) is 97.7 Å². The maximum atomic E-state index is 12.3. The van der Waals surface area contributed by atoms with Crippen LogP contribution in [0.1, 0.15) is 21.6 Å². The fraction of sp³-hybridized carbons (Fsp3) is 0.263. The number of nitriles is 1. The van der Waals surface area contributed by atoms with Gasteiger partial charge >= 0.3 is 0 Å². The van der Waals surface area contributed by atoms with Crippen LogP contribution in [0, 0.1) is 11.3 Å². The molecule has 2 aromatic heterocycles. The van der Waals surface area contributed by atoms with Crippen molar-refractivity contribution in [1.29, 1.82) is 5.26 Å². The number of aromatic amines is 1. The maximum Gasteiger partial charge on any atom is 0.235 e. The summed E-state index contributed by atoms with van der Waals surface area (Å²) in [6, 6.07) is 12.7. The Morgan fingerprint density at radius 3 is 3.00 bits per heavy atom. The predicted molar refractivity (Wildman–Crippen MR) is 109 cm³/mol. The number of fused-ring (bicyclic) bond motifs is 1. The Labute approximate surface area is 170 Å². The van der Waals surface area contributed by atoms with E-state index in [9.17, 15) is 10.1 Å². The molecule has 7 nitrogen and oxygen atoms in total. The zero-order valence-corrected chi connectivity index (χ0v) is 16.6. The van der Waals surface area contributed by atoms with Crippen molar-refractivity contribution in [3.05, 3.63) is 58.2 Å². The van der Waals surface area contributed by atoms with Crippen molar-refractivity contribution in [2.75, 3.05) is 17.6 Å². The third kappa shape index (κ3) is 4.25. The summed E-state index contributed by atoms with van der Waals surface area (Å²) >= 11 is 2.79. The molecule has 0 fully saturated rings. The van der Waals surface area contributed by atoms with Crippen LogP contribution in [0.5, 0.6) is 0 Å². The largest absolute Gasteiger partial charge is 0.316 e. The first-order valence-electron chi connectivity index (χ1n) is 8.82. The van der Waals surface area contributed by atoms with Gasteiger partial charge in [0.1, 0.15) is 17.4 Å². The lowest BCUT2D eigenvalue weighted by molar-refractivity contribution is -0.113. The van der Waals surface area contributed by atoms with Gasteiger partial charge in [-0.3, -0.25) is 14.8 Å². The number of anilines is 1. The summed E-state index contributed by atoms with van der Waals surface area (Å²) < 4.78 is 0. The van der Waals surface area contributed by atoms with Gasteiger partial charge in [0.05, 0.1) is 11.3 Å². The molecule has 1 aliphatic heterocycles. The first-order valence-corrected chi connectivity index (χ1v) is 10.6. The number of thiophene rings is 1. The average Bonchev–Trinajstić information content (AvgIpc) is 3.34. The van der Waals surface area contributed by atoms with E-state index in [2.05, 4.69) is 43.6 Å². The molecule has 1 aliphatic rings. The molecule has 0 unspecified atom stereocenters. The van der Waals surface area contributed by atoms with E-state index in [1.807, 2.05) is 18.2 Å². The van der Waals surface area contributed by atoms with Gasteiger partial charge in [-0.25, -0.2) is 4.98 Å². The monoisotopic (exact) mass is 410 g/mol. The smallest absolute Gasteiger partial charge is 0.235 e. The second kappa shape index (κ2) is 8.56. The zero-order chi connectivity index (χ0) is 19.3. The van der Waals surface area contributed by atoms with Crippen molar-refractivity contribution in [3.63, 3.8) is 0 Å². The molecule has 28 heavy (non-hydrogen) atoms. The van der Waals surface area contributed by atoms with Gasteiger partial charge in [-0.1, -0.05) is 42.1 Å². The van der Waals surface area contributed by atoms with Gasteiger partial charge in [0.25, 0.3) is 0 Å². The molecular weight excluding hydrogens is 392 g/mol. The second-order valence-electron chi connectivity index (χ2n) is 6.39. The number of H-pyrrole nitrogens is 1. The number of nitrogens with zero attached hydrogens (tertiary/aromatic N) is 4. The molecule has 0 bridgehead atoms. The summed E-state index contributed by atoms with van der Waals surface area (Å²) in [7, 11) is 0. The van der Waals surface area contributed by atoms with E-state index in [0.717, 1.165) is 36.5 Å². The summed E-state index contributed by atoms with van der Waals surface area (Å²) in [4.78, 5) is 19.8. The number of rotatable bonds is 6. The minimum atomic E-state index is -0.155. The molecule has 0 spiro atoms. The van der Waals surface area contributed by atoms with Gasteiger partial charge in [0.15, 0.2) is 5.16 Å². The standard InChI is InChI=1S/C19H18N6OS2/c20-8-15-14-6-7-25(9-13-4-2-1-3-5-13)10-16(14)28-18(15)23-17(26)11-27-19-21-12-22-24-19/h1-5,12H,6-7,9-11H2,(H,23,26)(H,21,22,24). The van der Waals surface area contributed by atoms with Crippen molar-refractivity contribution in [1.82, 2.24) is 20.1 Å². The molecule has 1 amide bonds. The molecular formula is C19H18N6OS2. The lowest BCUT2D eigenvalue weighted by Gasteiger charge is -2.26. The molecule has 3 heterocycles.